The molecule has 0 aliphatic carbocycles. The second-order valence-corrected chi connectivity index (χ2v) is 10.1. The Morgan fingerprint density at radius 2 is 1.64 bits per heavy atom. The highest BCUT2D eigenvalue weighted by molar-refractivity contribution is 6.04. The molecule has 2 heterocycles. The Morgan fingerprint density at radius 1 is 0.857 bits per heavy atom. The lowest BCUT2D eigenvalue weighted by Gasteiger charge is -2.17. The zero-order valence-electron chi connectivity index (χ0n) is 22.6. The molecule has 0 saturated carbocycles. The van der Waals surface area contributed by atoms with E-state index in [2.05, 4.69) is 25.6 Å². The van der Waals surface area contributed by atoms with E-state index >= 15 is 0 Å². The van der Waals surface area contributed by atoms with E-state index in [0.29, 0.717) is 23.5 Å². The molecule has 2 aromatic heterocycles. The number of aromatic nitrogens is 3. The van der Waals surface area contributed by atoms with Gasteiger partial charge in [0.15, 0.2) is 0 Å². The summed E-state index contributed by atoms with van der Waals surface area (Å²) in [6.45, 7) is 0.247. The van der Waals surface area contributed by atoms with Crippen LogP contribution in [0.1, 0.15) is 38.5 Å². The fourth-order valence-electron chi connectivity index (χ4n) is 5.12. The summed E-state index contributed by atoms with van der Waals surface area (Å²) in [4.78, 5) is 37.5. The maximum absolute atomic E-state index is 13.7. The smallest absolute Gasteiger partial charge is 0.257 e. The highest BCUT2D eigenvalue weighted by Crippen LogP contribution is 2.30. The first-order chi connectivity index (χ1) is 20.4. The molecule has 7 N–H and O–H groups in total. The van der Waals surface area contributed by atoms with Crippen LogP contribution < -0.4 is 16.4 Å². The summed E-state index contributed by atoms with van der Waals surface area (Å²) in [5.41, 5.74) is 11.9. The first kappa shape index (κ1) is 26.5. The number of benzene rings is 4. The van der Waals surface area contributed by atoms with Crippen LogP contribution in [0.2, 0.25) is 0 Å². The number of H-pyrrole nitrogens is 2. The standard InChI is InChI=1S/C33H29N7O2/c34-30(35)22-13-14-27-24(17-22)26(19-36-27)25(16-20-7-2-1-3-8-20)32(42)37-18-21-9-6-10-23(15-21)31(41)40-33-38-28-11-4-5-12-29(28)39-33/h1-15,17,19,25,36H,16,18H2,(H3,34,35)(H,37,42)(H2,38,39,40,41). The largest absolute Gasteiger partial charge is 0.384 e. The number of carbonyl (C=O) groups is 2. The molecular formula is C33H29N7O2. The highest BCUT2D eigenvalue weighted by Gasteiger charge is 2.24. The van der Waals surface area contributed by atoms with Crippen molar-refractivity contribution in [3.8, 4) is 0 Å². The van der Waals surface area contributed by atoms with Crippen LogP contribution in [-0.2, 0) is 17.8 Å². The van der Waals surface area contributed by atoms with Gasteiger partial charge in [-0.25, -0.2) is 4.98 Å². The number of nitrogens with two attached hydrogens (primary N) is 1. The van der Waals surface area contributed by atoms with E-state index < -0.39 is 5.92 Å². The van der Waals surface area contributed by atoms with Crippen molar-refractivity contribution in [2.45, 2.75) is 18.9 Å². The van der Waals surface area contributed by atoms with E-state index in [9.17, 15) is 9.59 Å². The number of fused-ring (bicyclic) bond motifs is 2. The van der Waals surface area contributed by atoms with Crippen LogP contribution in [-0.4, -0.2) is 32.6 Å². The summed E-state index contributed by atoms with van der Waals surface area (Å²) >= 11 is 0. The van der Waals surface area contributed by atoms with Gasteiger partial charge in [0.25, 0.3) is 5.91 Å². The molecule has 1 atom stereocenters. The van der Waals surface area contributed by atoms with Crippen molar-refractivity contribution < 1.29 is 9.59 Å². The third-order valence-corrected chi connectivity index (χ3v) is 7.28. The van der Waals surface area contributed by atoms with Crippen LogP contribution >= 0.6 is 0 Å². The lowest BCUT2D eigenvalue weighted by atomic mass is 9.90. The van der Waals surface area contributed by atoms with Crippen molar-refractivity contribution in [1.29, 1.82) is 5.41 Å². The third-order valence-electron chi connectivity index (χ3n) is 7.28. The summed E-state index contributed by atoms with van der Waals surface area (Å²) in [6.07, 6.45) is 2.34. The number of nitrogens with zero attached hydrogens (tertiary/aromatic N) is 1. The van der Waals surface area contributed by atoms with Gasteiger partial charge in [0.2, 0.25) is 11.9 Å². The van der Waals surface area contributed by atoms with Gasteiger partial charge in [0.05, 0.1) is 17.0 Å². The van der Waals surface area contributed by atoms with Gasteiger partial charge in [0.1, 0.15) is 5.84 Å². The molecule has 208 valence electrons. The van der Waals surface area contributed by atoms with Crippen LogP contribution in [0.4, 0.5) is 5.95 Å². The van der Waals surface area contributed by atoms with Gasteiger partial charge in [-0.15, -0.1) is 0 Å². The Kier molecular flexibility index (Phi) is 7.21. The molecule has 0 aliphatic heterocycles. The number of carbonyl (C=O) groups excluding carboxylic acids is 2. The number of amidine groups is 1. The first-order valence-corrected chi connectivity index (χ1v) is 13.6. The first-order valence-electron chi connectivity index (χ1n) is 13.6. The highest BCUT2D eigenvalue weighted by atomic mass is 16.2. The zero-order chi connectivity index (χ0) is 29.1. The lowest BCUT2D eigenvalue weighted by molar-refractivity contribution is -0.122. The lowest BCUT2D eigenvalue weighted by Crippen LogP contribution is -2.30. The van der Waals surface area contributed by atoms with E-state index in [0.717, 1.165) is 38.6 Å². The van der Waals surface area contributed by atoms with Crippen LogP contribution in [0.3, 0.4) is 0 Å². The van der Waals surface area contributed by atoms with E-state index in [1.165, 1.54) is 0 Å². The number of imidazole rings is 1. The molecule has 1 unspecified atom stereocenters. The number of hydrogen-bond acceptors (Lipinski definition) is 4. The molecule has 0 radical (unpaired) electrons. The number of para-hydroxylation sites is 2. The topological polar surface area (TPSA) is 153 Å². The van der Waals surface area contributed by atoms with Gasteiger partial charge < -0.3 is 21.0 Å². The second kappa shape index (κ2) is 11.4. The number of hydrogen-bond donors (Lipinski definition) is 6. The number of nitrogen functional groups attached to an aromatic ring is 1. The molecule has 4 aromatic carbocycles. The molecule has 0 fully saturated rings. The predicted molar refractivity (Wildman–Crippen MR) is 165 cm³/mol. The molecule has 2 amide bonds. The van der Waals surface area contributed by atoms with Gasteiger partial charge >= 0.3 is 0 Å². The molecule has 9 heteroatoms. The number of amides is 2. The summed E-state index contributed by atoms with van der Waals surface area (Å²) in [5.74, 6) is -0.607. The van der Waals surface area contributed by atoms with Gasteiger partial charge in [-0.3, -0.25) is 20.3 Å². The van der Waals surface area contributed by atoms with E-state index in [1.807, 2.05) is 79.0 Å². The molecule has 0 aliphatic rings. The Hall–Kier alpha value is -5.70. The normalized spacial score (nSPS) is 11.8. The fourth-order valence-corrected chi connectivity index (χ4v) is 5.12. The van der Waals surface area contributed by atoms with Gasteiger partial charge in [-0.05, 0) is 65.6 Å². The monoisotopic (exact) mass is 555 g/mol. The summed E-state index contributed by atoms with van der Waals surface area (Å²) in [7, 11) is 0. The van der Waals surface area contributed by atoms with Crippen LogP contribution in [0, 0.1) is 5.41 Å². The minimum Gasteiger partial charge on any atom is -0.384 e. The van der Waals surface area contributed by atoms with E-state index in [-0.39, 0.29) is 24.2 Å². The van der Waals surface area contributed by atoms with Crippen molar-refractivity contribution in [3.05, 3.63) is 131 Å². The maximum atomic E-state index is 13.7. The van der Waals surface area contributed by atoms with Gasteiger partial charge in [0, 0.05) is 34.8 Å². The fraction of sp³-hybridized carbons (Fsp3) is 0.0909. The third kappa shape index (κ3) is 5.62. The van der Waals surface area contributed by atoms with Crippen molar-refractivity contribution in [2.24, 2.45) is 5.73 Å². The summed E-state index contributed by atoms with van der Waals surface area (Å²) in [5, 5.41) is 14.6. The molecule has 0 saturated heterocycles. The number of aromatic amines is 2. The second-order valence-electron chi connectivity index (χ2n) is 10.1. The maximum Gasteiger partial charge on any atom is 0.257 e. The molecular weight excluding hydrogens is 526 g/mol. The van der Waals surface area contributed by atoms with Crippen molar-refractivity contribution in [3.63, 3.8) is 0 Å². The van der Waals surface area contributed by atoms with E-state index in [1.54, 1.807) is 24.3 Å². The van der Waals surface area contributed by atoms with Crippen LogP contribution in [0.5, 0.6) is 0 Å². The quantitative estimate of drug-likeness (QED) is 0.107. The van der Waals surface area contributed by atoms with Crippen LogP contribution in [0.25, 0.3) is 21.9 Å². The predicted octanol–water partition coefficient (Wildman–Crippen LogP) is 5.22. The molecule has 0 bridgehead atoms. The van der Waals surface area contributed by atoms with E-state index in [4.69, 9.17) is 11.1 Å². The van der Waals surface area contributed by atoms with Crippen molar-refractivity contribution in [2.75, 3.05) is 5.32 Å². The molecule has 9 nitrogen and oxygen atoms in total. The number of rotatable bonds is 9. The summed E-state index contributed by atoms with van der Waals surface area (Å²) in [6, 6.07) is 30.0. The van der Waals surface area contributed by atoms with Crippen molar-refractivity contribution >= 4 is 45.5 Å². The Morgan fingerprint density at radius 3 is 2.45 bits per heavy atom. The molecule has 6 rings (SSSR count). The number of anilines is 1. The molecule has 6 aromatic rings. The van der Waals surface area contributed by atoms with Gasteiger partial charge in [-0.2, -0.15) is 0 Å². The summed E-state index contributed by atoms with van der Waals surface area (Å²) < 4.78 is 0. The average molecular weight is 556 g/mol. The minimum absolute atomic E-state index is 0.0302. The average Bonchev–Trinajstić information content (AvgIpc) is 3.62. The van der Waals surface area contributed by atoms with Crippen LogP contribution in [0.15, 0.2) is 103 Å². The molecule has 42 heavy (non-hydrogen) atoms. The Balaban J connectivity index is 1.21. The number of nitrogens with one attached hydrogen (secondary N) is 5. The zero-order valence-corrected chi connectivity index (χ0v) is 22.6. The Bertz CT molecular complexity index is 1890. The van der Waals surface area contributed by atoms with Gasteiger partial charge in [-0.1, -0.05) is 54.6 Å². The van der Waals surface area contributed by atoms with Crippen molar-refractivity contribution in [1.82, 2.24) is 20.3 Å². The molecule has 0 spiro atoms. The minimum atomic E-state index is -0.497. The Labute approximate surface area is 241 Å². The SMILES string of the molecule is N=C(N)c1ccc2[nH]cc(C(Cc3ccccc3)C(=O)NCc3cccc(C(=O)Nc4nc5ccccc5[nH]4)c3)c2c1.